The van der Waals surface area contributed by atoms with Crippen molar-refractivity contribution in [1.82, 2.24) is 4.90 Å². The van der Waals surface area contributed by atoms with Gasteiger partial charge in [-0.2, -0.15) is 0 Å². The van der Waals surface area contributed by atoms with Crippen molar-refractivity contribution in [3.63, 3.8) is 0 Å². The van der Waals surface area contributed by atoms with E-state index in [0.29, 0.717) is 6.61 Å². The van der Waals surface area contributed by atoms with Crippen LogP contribution in [0.5, 0.6) is 0 Å². The zero-order chi connectivity index (χ0) is 15.2. The van der Waals surface area contributed by atoms with E-state index in [1.807, 2.05) is 35.2 Å². The van der Waals surface area contributed by atoms with Gasteiger partial charge in [0.2, 0.25) is 5.91 Å². The molecule has 1 unspecified atom stereocenters. The number of amides is 1. The third-order valence-electron chi connectivity index (χ3n) is 6.42. The first-order chi connectivity index (χ1) is 10.6. The van der Waals surface area contributed by atoms with E-state index in [9.17, 15) is 4.79 Å². The summed E-state index contributed by atoms with van der Waals surface area (Å²) in [6, 6.07) is 10.3. The number of halogens is 2. The highest BCUT2D eigenvalue weighted by atomic mass is 79.9. The zero-order valence-electron chi connectivity index (χ0n) is 12.1. The predicted octanol–water partition coefficient (Wildman–Crippen LogP) is 3.97. The van der Waals surface area contributed by atoms with Crippen LogP contribution in [0.1, 0.15) is 37.5 Å². The van der Waals surface area contributed by atoms with E-state index in [4.69, 9.17) is 4.74 Å². The summed E-state index contributed by atoms with van der Waals surface area (Å²) in [5.74, 6) is 0.275. The summed E-state index contributed by atoms with van der Waals surface area (Å²) in [4.78, 5) is 15.4. The number of benzene rings is 1. The van der Waals surface area contributed by atoms with Crippen molar-refractivity contribution in [1.29, 1.82) is 0 Å². The van der Waals surface area contributed by atoms with Crippen LogP contribution in [0.25, 0.3) is 0 Å². The van der Waals surface area contributed by atoms with Crippen LogP contribution in [0, 0.1) is 10.8 Å². The van der Waals surface area contributed by atoms with E-state index in [1.165, 1.54) is 6.42 Å². The normalized spacial score (nSPS) is 40.1. The molecule has 22 heavy (non-hydrogen) atoms. The molecule has 2 aliphatic heterocycles. The van der Waals surface area contributed by atoms with Crippen molar-refractivity contribution in [2.75, 3.05) is 6.61 Å². The summed E-state index contributed by atoms with van der Waals surface area (Å²) in [5, 5.41) is 0. The maximum atomic E-state index is 13.4. The second-order valence-electron chi connectivity index (χ2n) is 7.08. The van der Waals surface area contributed by atoms with E-state index in [2.05, 4.69) is 31.9 Å². The Kier molecular flexibility index (Phi) is 2.65. The van der Waals surface area contributed by atoms with Crippen LogP contribution in [0.15, 0.2) is 30.3 Å². The second kappa shape index (κ2) is 4.17. The number of hydrogen-bond acceptors (Lipinski definition) is 2. The van der Waals surface area contributed by atoms with Crippen LogP contribution < -0.4 is 0 Å². The Labute approximate surface area is 146 Å². The molecule has 1 aromatic rings. The number of carbonyl (C=O) groups is 1. The Morgan fingerprint density at radius 3 is 2.50 bits per heavy atom. The van der Waals surface area contributed by atoms with Crippen molar-refractivity contribution in [2.24, 2.45) is 10.8 Å². The molecule has 4 aliphatic rings. The highest BCUT2D eigenvalue weighted by molar-refractivity contribution is 9.25. The molecule has 3 atom stereocenters. The third-order valence-corrected chi connectivity index (χ3v) is 9.29. The van der Waals surface area contributed by atoms with Gasteiger partial charge in [-0.25, -0.2) is 0 Å². The van der Waals surface area contributed by atoms with Gasteiger partial charge in [-0.1, -0.05) is 68.6 Å². The topological polar surface area (TPSA) is 29.5 Å². The minimum absolute atomic E-state index is 0.128. The number of alkyl halides is 2. The number of carbonyl (C=O) groups excluding carboxylic acids is 1. The highest BCUT2D eigenvalue weighted by Crippen LogP contribution is 2.90. The lowest BCUT2D eigenvalue weighted by Gasteiger charge is -2.30. The van der Waals surface area contributed by atoms with Crippen LogP contribution in [-0.2, 0) is 9.53 Å². The monoisotopic (exact) mass is 425 g/mol. The predicted molar refractivity (Wildman–Crippen MR) is 89.7 cm³/mol. The average molecular weight is 427 g/mol. The van der Waals surface area contributed by atoms with Crippen molar-refractivity contribution in [3.05, 3.63) is 35.9 Å². The van der Waals surface area contributed by atoms with Gasteiger partial charge in [0.15, 0.2) is 6.23 Å². The maximum absolute atomic E-state index is 13.4. The summed E-state index contributed by atoms with van der Waals surface area (Å²) < 4.78 is 5.75. The molecular weight excluding hydrogens is 410 g/mol. The maximum Gasteiger partial charge on any atom is 0.234 e. The van der Waals surface area contributed by atoms with Crippen LogP contribution >= 0.6 is 31.9 Å². The molecule has 1 aromatic carbocycles. The molecule has 5 rings (SSSR count). The Bertz CT molecular complexity index is 658. The molecule has 2 saturated carbocycles. The van der Waals surface area contributed by atoms with Crippen LogP contribution in [0.3, 0.4) is 0 Å². The van der Waals surface area contributed by atoms with E-state index >= 15 is 0 Å². The van der Waals surface area contributed by atoms with E-state index in [0.717, 1.165) is 24.8 Å². The fourth-order valence-corrected chi connectivity index (χ4v) is 7.82. The molecule has 116 valence electrons. The lowest BCUT2D eigenvalue weighted by atomic mass is 9.74. The van der Waals surface area contributed by atoms with E-state index < -0.39 is 0 Å². The minimum atomic E-state index is -0.264. The Morgan fingerprint density at radius 1 is 1.18 bits per heavy atom. The number of rotatable bonds is 1. The number of ether oxygens (including phenoxy) is 1. The molecule has 3 nitrogen and oxygen atoms in total. The van der Waals surface area contributed by atoms with Gasteiger partial charge in [0.05, 0.1) is 18.1 Å². The lowest BCUT2D eigenvalue weighted by Crippen LogP contribution is -2.35. The summed E-state index contributed by atoms with van der Waals surface area (Å²) in [6.07, 6.45) is 4.22. The smallest absolute Gasteiger partial charge is 0.234 e. The van der Waals surface area contributed by atoms with Gasteiger partial charge in [-0.3, -0.25) is 4.79 Å². The van der Waals surface area contributed by atoms with Crippen LogP contribution in [0.4, 0.5) is 0 Å². The average Bonchev–Trinajstić information content (AvgIpc) is 2.77. The van der Waals surface area contributed by atoms with Crippen molar-refractivity contribution in [3.8, 4) is 0 Å². The van der Waals surface area contributed by atoms with Gasteiger partial charge in [0, 0.05) is 11.0 Å². The quantitative estimate of drug-likeness (QED) is 0.635. The molecule has 2 spiro atoms. The standard InChI is InChI=1S/C17H17Br2NO2/c18-17(19)15(7-4-8-15)16(17)9-12-10-22-13(20(12)14(16)21)11-5-2-1-3-6-11/h1-3,5-6,12-13H,4,7-10H2/t12?,13-,16+/m1/s1. The van der Waals surface area contributed by atoms with Gasteiger partial charge in [0.1, 0.15) is 3.23 Å². The molecule has 5 heteroatoms. The highest BCUT2D eigenvalue weighted by Gasteiger charge is 2.92. The van der Waals surface area contributed by atoms with Gasteiger partial charge in [-0.15, -0.1) is 0 Å². The largest absolute Gasteiger partial charge is 0.352 e. The van der Waals surface area contributed by atoms with Gasteiger partial charge in [-0.05, 0) is 19.3 Å². The van der Waals surface area contributed by atoms with Crippen molar-refractivity contribution < 1.29 is 9.53 Å². The van der Waals surface area contributed by atoms with E-state index in [-0.39, 0.29) is 32.2 Å². The SMILES string of the molecule is O=C1N2C(CO[C@@H]2c2ccccc2)C[C@]12C(Br)(Br)C21CCC1. The zero-order valence-corrected chi connectivity index (χ0v) is 15.3. The number of nitrogens with zero attached hydrogens (tertiary/aromatic N) is 1. The van der Waals surface area contributed by atoms with Gasteiger partial charge < -0.3 is 9.64 Å². The molecule has 2 aliphatic carbocycles. The first kappa shape index (κ1) is 14.0. The Balaban J connectivity index is 1.53. The lowest BCUT2D eigenvalue weighted by molar-refractivity contribution is -0.140. The second-order valence-corrected chi connectivity index (χ2v) is 10.5. The fraction of sp³-hybridized carbons (Fsp3) is 0.588. The molecule has 2 saturated heterocycles. The Hall–Kier alpha value is -0.390. The summed E-state index contributed by atoms with van der Waals surface area (Å²) in [7, 11) is 0. The summed E-state index contributed by atoms with van der Waals surface area (Å²) in [6.45, 7) is 0.652. The van der Waals surface area contributed by atoms with E-state index in [1.54, 1.807) is 0 Å². The summed E-state index contributed by atoms with van der Waals surface area (Å²) >= 11 is 7.71. The molecule has 1 amide bonds. The third kappa shape index (κ3) is 1.29. The molecular formula is C17H17Br2NO2. The molecule has 0 N–H and O–H groups in total. The fourth-order valence-electron chi connectivity index (χ4n) is 5.13. The van der Waals surface area contributed by atoms with Crippen molar-refractivity contribution in [2.45, 2.75) is 41.2 Å². The van der Waals surface area contributed by atoms with Crippen LogP contribution in [-0.4, -0.2) is 26.7 Å². The molecule has 0 bridgehead atoms. The molecule has 0 aromatic heterocycles. The number of fused-ring (bicyclic) bond motifs is 2. The minimum Gasteiger partial charge on any atom is -0.352 e. The molecule has 2 heterocycles. The molecule has 4 fully saturated rings. The summed E-state index contributed by atoms with van der Waals surface area (Å²) in [5.41, 5.74) is 0.941. The first-order valence-electron chi connectivity index (χ1n) is 7.92. The van der Waals surface area contributed by atoms with Gasteiger partial charge in [0.25, 0.3) is 0 Å². The van der Waals surface area contributed by atoms with Crippen LogP contribution in [0.2, 0.25) is 0 Å². The van der Waals surface area contributed by atoms with Crippen molar-refractivity contribution >= 4 is 37.8 Å². The van der Waals surface area contributed by atoms with Gasteiger partial charge >= 0.3 is 0 Å². The first-order valence-corrected chi connectivity index (χ1v) is 9.51. The Morgan fingerprint density at radius 2 is 1.91 bits per heavy atom. The molecule has 0 radical (unpaired) electrons. The number of hydrogen-bond donors (Lipinski definition) is 0.